The number of carbonyl (C=O) groups excluding carboxylic acids is 1. The monoisotopic (exact) mass is 185 g/mol. The summed E-state index contributed by atoms with van der Waals surface area (Å²) < 4.78 is 12.0. The standard InChI is InChI=1S/C9H14FN2O/c10-3-7-11-6-2-8(11)9(13)12-4-1-5-12/h1,8H,2-7H2. The van der Waals surface area contributed by atoms with Crippen LogP contribution in [0.3, 0.4) is 0 Å². The number of nitrogens with zero attached hydrogens (tertiary/aromatic N) is 2. The van der Waals surface area contributed by atoms with E-state index >= 15 is 0 Å². The van der Waals surface area contributed by atoms with Crippen LogP contribution in [-0.2, 0) is 4.79 Å². The molecule has 2 rings (SSSR count). The lowest BCUT2D eigenvalue weighted by Crippen LogP contribution is -2.59. The molecule has 1 atom stereocenters. The molecular formula is C9H14FN2O. The van der Waals surface area contributed by atoms with Crippen LogP contribution in [0.25, 0.3) is 0 Å². The first-order valence-electron chi connectivity index (χ1n) is 4.73. The lowest BCUT2D eigenvalue weighted by molar-refractivity contribution is -0.143. The molecule has 0 bridgehead atoms. The van der Waals surface area contributed by atoms with Crippen molar-refractivity contribution in [1.82, 2.24) is 9.80 Å². The highest BCUT2D eigenvalue weighted by atomic mass is 19.1. The van der Waals surface area contributed by atoms with Crippen molar-refractivity contribution < 1.29 is 9.18 Å². The van der Waals surface area contributed by atoms with Gasteiger partial charge in [-0.2, -0.15) is 0 Å². The van der Waals surface area contributed by atoms with E-state index in [0.717, 1.165) is 26.1 Å². The van der Waals surface area contributed by atoms with E-state index in [4.69, 9.17) is 0 Å². The Morgan fingerprint density at radius 2 is 2.31 bits per heavy atom. The quantitative estimate of drug-likeness (QED) is 0.621. The van der Waals surface area contributed by atoms with Crippen LogP contribution in [0.5, 0.6) is 0 Å². The molecule has 1 amide bonds. The van der Waals surface area contributed by atoms with E-state index in [1.807, 2.05) is 9.80 Å². The highest BCUT2D eigenvalue weighted by molar-refractivity contribution is 5.83. The maximum absolute atomic E-state index is 12.0. The van der Waals surface area contributed by atoms with Gasteiger partial charge >= 0.3 is 0 Å². The molecule has 73 valence electrons. The van der Waals surface area contributed by atoms with Gasteiger partial charge in [0.05, 0.1) is 6.04 Å². The van der Waals surface area contributed by atoms with Crippen LogP contribution in [-0.4, -0.2) is 54.6 Å². The van der Waals surface area contributed by atoms with E-state index < -0.39 is 0 Å². The molecule has 1 radical (unpaired) electrons. The first-order chi connectivity index (χ1) is 6.33. The molecule has 2 aliphatic heterocycles. The molecule has 0 N–H and O–H groups in total. The van der Waals surface area contributed by atoms with Gasteiger partial charge in [0.15, 0.2) is 0 Å². The second-order valence-electron chi connectivity index (χ2n) is 3.56. The number of likely N-dealkylation sites (tertiary alicyclic amines) is 2. The maximum atomic E-state index is 12.0. The van der Waals surface area contributed by atoms with Crippen LogP contribution in [0.15, 0.2) is 0 Å². The Hall–Kier alpha value is -0.640. The smallest absolute Gasteiger partial charge is 0.239 e. The first kappa shape index (κ1) is 8.94. The first-order valence-corrected chi connectivity index (χ1v) is 4.73. The summed E-state index contributed by atoms with van der Waals surface area (Å²) in [5.74, 6) is 0.183. The van der Waals surface area contributed by atoms with Crippen LogP contribution < -0.4 is 0 Å². The fourth-order valence-corrected chi connectivity index (χ4v) is 1.75. The number of rotatable bonds is 3. The molecule has 3 nitrogen and oxygen atoms in total. The van der Waals surface area contributed by atoms with Gasteiger partial charge in [-0.15, -0.1) is 0 Å². The second-order valence-corrected chi connectivity index (χ2v) is 3.56. The topological polar surface area (TPSA) is 23.6 Å². The Balaban J connectivity index is 1.82. The summed E-state index contributed by atoms with van der Waals surface area (Å²) >= 11 is 0. The van der Waals surface area contributed by atoms with Gasteiger partial charge in [0, 0.05) is 32.6 Å². The highest BCUT2D eigenvalue weighted by Crippen LogP contribution is 2.21. The van der Waals surface area contributed by atoms with Gasteiger partial charge in [-0.25, -0.2) is 4.39 Å². The van der Waals surface area contributed by atoms with Crippen molar-refractivity contribution in [3.8, 4) is 0 Å². The predicted octanol–water partition coefficient (Wildman–Crippen LogP) is 0.0767. The molecular weight excluding hydrogens is 171 g/mol. The number of halogens is 1. The Labute approximate surface area is 77.5 Å². The van der Waals surface area contributed by atoms with Crippen LogP contribution in [0.2, 0.25) is 0 Å². The van der Waals surface area contributed by atoms with Gasteiger partial charge in [0.1, 0.15) is 6.67 Å². The average molecular weight is 185 g/mol. The normalized spacial score (nSPS) is 28.1. The molecule has 0 aromatic rings. The van der Waals surface area contributed by atoms with Crippen molar-refractivity contribution in [3.63, 3.8) is 0 Å². The molecule has 0 spiro atoms. The van der Waals surface area contributed by atoms with E-state index in [1.54, 1.807) is 0 Å². The molecule has 2 fully saturated rings. The summed E-state index contributed by atoms with van der Waals surface area (Å²) in [6, 6.07) is -0.0237. The van der Waals surface area contributed by atoms with Crippen LogP contribution >= 0.6 is 0 Å². The number of carbonyl (C=O) groups is 1. The highest BCUT2D eigenvalue weighted by Gasteiger charge is 2.37. The molecule has 4 heteroatoms. The number of hydrogen-bond acceptors (Lipinski definition) is 2. The fourth-order valence-electron chi connectivity index (χ4n) is 1.75. The Bertz CT molecular complexity index is 206. The summed E-state index contributed by atoms with van der Waals surface area (Å²) in [4.78, 5) is 15.4. The van der Waals surface area contributed by atoms with Gasteiger partial charge in [-0.1, -0.05) is 0 Å². The zero-order valence-corrected chi connectivity index (χ0v) is 7.58. The third-order valence-corrected chi connectivity index (χ3v) is 2.80. The Morgan fingerprint density at radius 3 is 2.69 bits per heavy atom. The maximum Gasteiger partial charge on any atom is 0.239 e. The van der Waals surface area contributed by atoms with Crippen molar-refractivity contribution in [2.24, 2.45) is 0 Å². The van der Waals surface area contributed by atoms with E-state index in [0.29, 0.717) is 6.54 Å². The molecule has 2 saturated heterocycles. The van der Waals surface area contributed by atoms with E-state index in [-0.39, 0.29) is 18.6 Å². The van der Waals surface area contributed by atoms with E-state index in [2.05, 4.69) is 6.42 Å². The van der Waals surface area contributed by atoms with Gasteiger partial charge in [0.2, 0.25) is 5.91 Å². The minimum atomic E-state index is -0.351. The van der Waals surface area contributed by atoms with Gasteiger partial charge in [-0.05, 0) is 6.42 Å². The predicted molar refractivity (Wildman–Crippen MR) is 46.8 cm³/mol. The van der Waals surface area contributed by atoms with Crippen molar-refractivity contribution in [1.29, 1.82) is 0 Å². The number of hydrogen-bond donors (Lipinski definition) is 0. The van der Waals surface area contributed by atoms with Crippen molar-refractivity contribution >= 4 is 5.91 Å². The fraction of sp³-hybridized carbons (Fsp3) is 0.778. The van der Waals surface area contributed by atoms with Crippen molar-refractivity contribution in [2.75, 3.05) is 32.9 Å². The van der Waals surface area contributed by atoms with Crippen LogP contribution in [0.1, 0.15) is 6.42 Å². The molecule has 0 aromatic carbocycles. The molecule has 1 unspecified atom stereocenters. The van der Waals surface area contributed by atoms with E-state index in [1.165, 1.54) is 0 Å². The molecule has 13 heavy (non-hydrogen) atoms. The van der Waals surface area contributed by atoms with Gasteiger partial charge in [-0.3, -0.25) is 9.69 Å². The lowest BCUT2D eigenvalue weighted by atomic mass is 10.00. The summed E-state index contributed by atoms with van der Waals surface area (Å²) in [6.07, 6.45) is 2.96. The zero-order chi connectivity index (χ0) is 9.26. The van der Waals surface area contributed by atoms with Crippen molar-refractivity contribution in [3.05, 3.63) is 6.42 Å². The SMILES string of the molecule is O=C(C1CCN1CCF)N1C[CH]C1. The molecule has 2 heterocycles. The van der Waals surface area contributed by atoms with Crippen LogP contribution in [0, 0.1) is 6.42 Å². The average Bonchev–Trinajstić information content (AvgIpc) is 1.94. The Kier molecular flexibility index (Phi) is 2.49. The Morgan fingerprint density at radius 1 is 1.54 bits per heavy atom. The number of amides is 1. The zero-order valence-electron chi connectivity index (χ0n) is 7.58. The molecule has 0 saturated carbocycles. The molecule has 0 aromatic heterocycles. The van der Waals surface area contributed by atoms with Crippen molar-refractivity contribution in [2.45, 2.75) is 12.5 Å². The lowest BCUT2D eigenvalue weighted by Gasteiger charge is -2.43. The van der Waals surface area contributed by atoms with Gasteiger partial charge < -0.3 is 4.90 Å². The summed E-state index contributed by atoms with van der Waals surface area (Å²) in [7, 11) is 0. The summed E-state index contributed by atoms with van der Waals surface area (Å²) in [6.45, 7) is 2.49. The largest absolute Gasteiger partial charge is 0.341 e. The number of alkyl halides is 1. The van der Waals surface area contributed by atoms with E-state index in [9.17, 15) is 9.18 Å². The third kappa shape index (κ3) is 1.55. The minimum Gasteiger partial charge on any atom is -0.341 e. The second kappa shape index (κ2) is 3.62. The minimum absolute atomic E-state index is 0.0237. The molecule has 2 aliphatic rings. The summed E-state index contributed by atoms with van der Waals surface area (Å²) in [5.41, 5.74) is 0. The third-order valence-electron chi connectivity index (χ3n) is 2.80. The van der Waals surface area contributed by atoms with Gasteiger partial charge in [0.25, 0.3) is 0 Å². The summed E-state index contributed by atoms with van der Waals surface area (Å²) in [5, 5.41) is 0. The van der Waals surface area contributed by atoms with Crippen LogP contribution in [0.4, 0.5) is 4.39 Å². The molecule has 0 aliphatic carbocycles.